The monoisotopic (exact) mass is 453 g/mol. The number of nitrogens with zero attached hydrogens (tertiary/aromatic N) is 1. The molecule has 0 saturated carbocycles. The van der Waals surface area contributed by atoms with Crippen LogP contribution in [0.2, 0.25) is 0 Å². The molecule has 2 amide bonds. The molecule has 0 aromatic heterocycles. The Balaban J connectivity index is 1.87. The standard InChI is InChI=1S/C18H15NO7S3/c1-11-12(2)18(21)19(17(11)20)26-29(24,25)16-9-7-15(8-10-16)28(22,23)14-5-3-13(27)4-6-14/h3-10,27H,1-2H3. The van der Waals surface area contributed by atoms with Gasteiger partial charge in [0.25, 0.3) is 11.8 Å². The fourth-order valence-electron chi connectivity index (χ4n) is 2.47. The molecular weight excluding hydrogens is 438 g/mol. The second kappa shape index (κ2) is 7.41. The lowest BCUT2D eigenvalue weighted by Gasteiger charge is -2.14. The molecule has 29 heavy (non-hydrogen) atoms. The lowest BCUT2D eigenvalue weighted by Crippen LogP contribution is -2.34. The summed E-state index contributed by atoms with van der Waals surface area (Å²) in [5.41, 5.74) is 0.165. The number of carbonyl (C=O) groups is 2. The first kappa shape index (κ1) is 21.2. The van der Waals surface area contributed by atoms with E-state index in [9.17, 15) is 26.4 Å². The van der Waals surface area contributed by atoms with E-state index in [1.54, 1.807) is 0 Å². The van der Waals surface area contributed by atoms with Crippen LogP contribution in [0.15, 0.2) is 79.3 Å². The molecule has 0 saturated heterocycles. The Morgan fingerprint density at radius 3 is 1.55 bits per heavy atom. The quantitative estimate of drug-likeness (QED) is 0.545. The molecule has 0 aliphatic carbocycles. The molecule has 3 rings (SSSR count). The average Bonchev–Trinajstić information content (AvgIpc) is 2.86. The summed E-state index contributed by atoms with van der Waals surface area (Å²) < 4.78 is 54.8. The minimum absolute atomic E-state index is 0.0208. The van der Waals surface area contributed by atoms with Crippen LogP contribution in [0.4, 0.5) is 0 Å². The maximum atomic E-state index is 12.6. The SMILES string of the molecule is CC1=C(C)C(=O)N(OS(=O)(=O)c2ccc(S(=O)(=O)c3ccc(S)cc3)cc2)C1=O. The third-order valence-corrected chi connectivity index (χ3v) is 7.59. The third kappa shape index (κ3) is 3.86. The molecule has 0 spiro atoms. The van der Waals surface area contributed by atoms with Crippen LogP contribution in [-0.4, -0.2) is 33.7 Å². The van der Waals surface area contributed by atoms with Gasteiger partial charge in [0, 0.05) is 16.0 Å². The minimum Gasteiger partial charge on any atom is -0.267 e. The molecular formula is C18H15NO7S3. The van der Waals surface area contributed by atoms with Crippen molar-refractivity contribution in [2.75, 3.05) is 0 Å². The molecule has 0 unspecified atom stereocenters. The van der Waals surface area contributed by atoms with Crippen molar-refractivity contribution < 1.29 is 30.7 Å². The highest BCUT2D eigenvalue weighted by molar-refractivity contribution is 7.91. The fourth-order valence-corrected chi connectivity index (χ4v) is 4.77. The lowest BCUT2D eigenvalue weighted by molar-refractivity contribution is -0.162. The normalized spacial score (nSPS) is 15.3. The van der Waals surface area contributed by atoms with Gasteiger partial charge in [-0.3, -0.25) is 9.59 Å². The first-order valence-corrected chi connectivity index (χ1v) is 11.4. The molecule has 0 radical (unpaired) electrons. The Morgan fingerprint density at radius 1 is 0.724 bits per heavy atom. The van der Waals surface area contributed by atoms with E-state index in [0.29, 0.717) is 4.90 Å². The van der Waals surface area contributed by atoms with Crippen molar-refractivity contribution in [2.45, 2.75) is 33.4 Å². The Morgan fingerprint density at radius 2 is 1.10 bits per heavy atom. The van der Waals surface area contributed by atoms with Gasteiger partial charge in [-0.1, -0.05) is 0 Å². The van der Waals surface area contributed by atoms with Crippen molar-refractivity contribution in [3.63, 3.8) is 0 Å². The van der Waals surface area contributed by atoms with Gasteiger partial charge < -0.3 is 0 Å². The zero-order valence-electron chi connectivity index (χ0n) is 15.2. The predicted molar refractivity (Wildman–Crippen MR) is 104 cm³/mol. The smallest absolute Gasteiger partial charge is 0.267 e. The van der Waals surface area contributed by atoms with Crippen molar-refractivity contribution in [1.29, 1.82) is 0 Å². The maximum absolute atomic E-state index is 12.6. The summed E-state index contributed by atoms with van der Waals surface area (Å²) in [5.74, 6) is -1.74. The minimum atomic E-state index is -4.54. The number of hydrogen-bond donors (Lipinski definition) is 1. The van der Waals surface area contributed by atoms with Crippen LogP contribution in [0.3, 0.4) is 0 Å². The topological polar surface area (TPSA) is 115 Å². The average molecular weight is 454 g/mol. The van der Waals surface area contributed by atoms with Crippen LogP contribution in [0.25, 0.3) is 0 Å². The highest BCUT2D eigenvalue weighted by atomic mass is 32.2. The summed E-state index contributed by atoms with van der Waals surface area (Å²) >= 11 is 4.10. The maximum Gasteiger partial charge on any atom is 0.318 e. The molecule has 2 aromatic rings. The zero-order chi connectivity index (χ0) is 21.6. The molecule has 1 aliphatic rings. The van der Waals surface area contributed by atoms with Crippen molar-refractivity contribution in [3.8, 4) is 0 Å². The third-order valence-electron chi connectivity index (χ3n) is 4.32. The summed E-state index contributed by atoms with van der Waals surface area (Å²) in [6.45, 7) is 2.76. The fraction of sp³-hybridized carbons (Fsp3) is 0.111. The highest BCUT2D eigenvalue weighted by Gasteiger charge is 2.38. The Bertz CT molecular complexity index is 1220. The first-order valence-electron chi connectivity index (χ1n) is 8.10. The number of carbonyl (C=O) groups excluding carboxylic acids is 2. The lowest BCUT2D eigenvalue weighted by atomic mass is 10.2. The van der Waals surface area contributed by atoms with Gasteiger partial charge in [-0.2, -0.15) is 8.42 Å². The number of amides is 2. The number of sulfone groups is 1. The van der Waals surface area contributed by atoms with E-state index in [1.807, 2.05) is 0 Å². The second-order valence-corrected chi connectivity index (χ2v) is 10.1. The number of imide groups is 1. The molecule has 0 N–H and O–H groups in total. The summed E-state index contributed by atoms with van der Waals surface area (Å²) in [6.07, 6.45) is 0. The van der Waals surface area contributed by atoms with E-state index >= 15 is 0 Å². The van der Waals surface area contributed by atoms with Crippen molar-refractivity contribution in [3.05, 3.63) is 59.7 Å². The molecule has 152 valence electrons. The van der Waals surface area contributed by atoms with E-state index < -0.39 is 36.7 Å². The Kier molecular flexibility index (Phi) is 5.43. The molecule has 2 aromatic carbocycles. The zero-order valence-corrected chi connectivity index (χ0v) is 17.7. The van der Waals surface area contributed by atoms with Crippen LogP contribution in [0.1, 0.15) is 13.8 Å². The summed E-state index contributed by atoms with van der Waals surface area (Å²) in [5, 5.41) is 0.170. The summed E-state index contributed by atoms with van der Waals surface area (Å²) in [4.78, 5) is 24.0. The largest absolute Gasteiger partial charge is 0.318 e. The molecule has 0 fully saturated rings. The number of rotatable bonds is 5. The van der Waals surface area contributed by atoms with Gasteiger partial charge in [-0.15, -0.1) is 22.0 Å². The number of hydrogen-bond acceptors (Lipinski definition) is 8. The van der Waals surface area contributed by atoms with E-state index in [1.165, 1.54) is 38.1 Å². The van der Waals surface area contributed by atoms with E-state index in [-0.39, 0.29) is 26.0 Å². The molecule has 1 aliphatic heterocycles. The van der Waals surface area contributed by atoms with E-state index in [4.69, 9.17) is 0 Å². The van der Waals surface area contributed by atoms with Gasteiger partial charge in [-0.05, 0) is 62.4 Å². The van der Waals surface area contributed by atoms with Crippen molar-refractivity contribution in [1.82, 2.24) is 5.06 Å². The first-order chi connectivity index (χ1) is 13.4. The van der Waals surface area contributed by atoms with Crippen LogP contribution in [-0.2, 0) is 33.8 Å². The van der Waals surface area contributed by atoms with Crippen LogP contribution >= 0.6 is 12.6 Å². The van der Waals surface area contributed by atoms with Crippen LogP contribution in [0.5, 0.6) is 0 Å². The molecule has 11 heteroatoms. The molecule has 8 nitrogen and oxygen atoms in total. The van der Waals surface area contributed by atoms with Gasteiger partial charge in [0.05, 0.1) is 14.7 Å². The Hall–Kier alpha value is -2.47. The number of hydroxylamine groups is 2. The van der Waals surface area contributed by atoms with Crippen molar-refractivity contribution in [2.24, 2.45) is 0 Å². The van der Waals surface area contributed by atoms with Gasteiger partial charge in [0.1, 0.15) is 0 Å². The van der Waals surface area contributed by atoms with Crippen LogP contribution in [0, 0.1) is 0 Å². The summed E-state index contributed by atoms with van der Waals surface area (Å²) in [6, 6.07) is 10.0. The van der Waals surface area contributed by atoms with Crippen molar-refractivity contribution >= 4 is 44.4 Å². The van der Waals surface area contributed by atoms with E-state index in [0.717, 1.165) is 24.3 Å². The molecule has 1 heterocycles. The highest BCUT2D eigenvalue weighted by Crippen LogP contribution is 2.26. The van der Waals surface area contributed by atoms with Gasteiger partial charge in [-0.25, -0.2) is 8.42 Å². The van der Waals surface area contributed by atoms with Crippen LogP contribution < -0.4 is 0 Å². The van der Waals surface area contributed by atoms with Gasteiger partial charge in [0.2, 0.25) is 9.84 Å². The van der Waals surface area contributed by atoms with E-state index in [2.05, 4.69) is 16.9 Å². The van der Waals surface area contributed by atoms with Gasteiger partial charge >= 0.3 is 10.1 Å². The van der Waals surface area contributed by atoms with Gasteiger partial charge in [0.15, 0.2) is 0 Å². The second-order valence-electron chi connectivity index (χ2n) is 6.15. The Labute approximate surface area is 173 Å². The predicted octanol–water partition coefficient (Wildman–Crippen LogP) is 2.13. The molecule has 0 atom stereocenters. The number of thiol groups is 1. The summed E-state index contributed by atoms with van der Waals surface area (Å²) in [7, 11) is -8.40. The molecule has 0 bridgehead atoms. The number of benzene rings is 2.